The Morgan fingerprint density at radius 2 is 1.80 bits per heavy atom. The summed E-state index contributed by atoms with van der Waals surface area (Å²) in [5.74, 6) is 1.36. The number of aromatic nitrogens is 1. The number of carbonyl (C=O) groups is 1. The lowest BCUT2D eigenvalue weighted by atomic mass is 9.88. The number of rotatable bonds is 9. The van der Waals surface area contributed by atoms with E-state index in [0.29, 0.717) is 19.6 Å². The quantitative estimate of drug-likeness (QED) is 0.283. The van der Waals surface area contributed by atoms with Crippen molar-refractivity contribution in [2.45, 2.75) is 25.5 Å². The number of hydrogen-bond donors (Lipinski definition) is 1. The molecule has 1 amide bonds. The molecule has 0 aliphatic heterocycles. The largest absolute Gasteiger partial charge is 0.489 e. The molecule has 3 aromatic carbocycles. The fourth-order valence-electron chi connectivity index (χ4n) is 4.48. The van der Waals surface area contributed by atoms with Crippen LogP contribution in [0.2, 0.25) is 0 Å². The van der Waals surface area contributed by atoms with Gasteiger partial charge in [0.25, 0.3) is 0 Å². The Balaban J connectivity index is 1.43. The van der Waals surface area contributed by atoms with E-state index in [1.165, 1.54) is 0 Å². The van der Waals surface area contributed by atoms with E-state index < -0.39 is 0 Å². The zero-order valence-electron chi connectivity index (χ0n) is 19.7. The standard InChI is InChI=1S/C30H28N2O3/c1-32-20-28(26-14-5-6-15-29(26)32)27(18-30(33)31-19-25-13-8-16-34-25)23-11-7-12-24(17-23)35-21-22-9-3-2-4-10-22/h2-17,20,27H,18-19,21H2,1H3,(H,31,33)/t27-/m1/s1. The summed E-state index contributed by atoms with van der Waals surface area (Å²) in [6.07, 6.45) is 4.06. The summed E-state index contributed by atoms with van der Waals surface area (Å²) >= 11 is 0. The molecule has 0 aliphatic carbocycles. The van der Waals surface area contributed by atoms with E-state index in [4.69, 9.17) is 9.15 Å². The molecule has 0 unspecified atom stereocenters. The summed E-state index contributed by atoms with van der Waals surface area (Å²) in [6.45, 7) is 0.862. The lowest BCUT2D eigenvalue weighted by Crippen LogP contribution is -2.24. The highest BCUT2D eigenvalue weighted by molar-refractivity contribution is 5.86. The lowest BCUT2D eigenvalue weighted by molar-refractivity contribution is -0.121. The Labute approximate surface area is 205 Å². The van der Waals surface area contributed by atoms with Crippen molar-refractivity contribution >= 4 is 16.8 Å². The molecule has 0 fully saturated rings. The number of ether oxygens (including phenoxy) is 1. The van der Waals surface area contributed by atoms with Crippen LogP contribution in [0.3, 0.4) is 0 Å². The van der Waals surface area contributed by atoms with Crippen LogP contribution in [-0.2, 0) is 25.0 Å². The smallest absolute Gasteiger partial charge is 0.221 e. The third kappa shape index (κ3) is 5.30. The summed E-state index contributed by atoms with van der Waals surface area (Å²) in [5, 5.41) is 4.15. The fourth-order valence-corrected chi connectivity index (χ4v) is 4.48. The maximum absolute atomic E-state index is 13.0. The average Bonchev–Trinajstić information content (AvgIpc) is 3.54. The van der Waals surface area contributed by atoms with Crippen molar-refractivity contribution in [1.82, 2.24) is 9.88 Å². The SMILES string of the molecule is Cn1cc([C@H](CC(=O)NCc2ccco2)c2cccc(OCc3ccccc3)c2)c2ccccc21. The maximum Gasteiger partial charge on any atom is 0.221 e. The van der Waals surface area contributed by atoms with Crippen molar-refractivity contribution in [3.63, 3.8) is 0 Å². The van der Waals surface area contributed by atoms with Gasteiger partial charge in [-0.3, -0.25) is 4.79 Å². The number of fused-ring (bicyclic) bond motifs is 1. The van der Waals surface area contributed by atoms with Gasteiger partial charge in [-0.15, -0.1) is 0 Å². The number of hydrogen-bond acceptors (Lipinski definition) is 3. The molecule has 0 saturated carbocycles. The average molecular weight is 465 g/mol. The van der Waals surface area contributed by atoms with E-state index in [1.54, 1.807) is 6.26 Å². The van der Waals surface area contributed by atoms with Gasteiger partial charge in [0.15, 0.2) is 0 Å². The van der Waals surface area contributed by atoms with Crippen molar-refractivity contribution in [3.05, 3.63) is 126 Å². The van der Waals surface area contributed by atoms with Crippen LogP contribution >= 0.6 is 0 Å². The fraction of sp³-hybridized carbons (Fsp3) is 0.167. The monoisotopic (exact) mass is 464 g/mol. The minimum absolute atomic E-state index is 0.0325. The molecule has 5 nitrogen and oxygen atoms in total. The topological polar surface area (TPSA) is 56.4 Å². The second-order valence-corrected chi connectivity index (χ2v) is 8.67. The van der Waals surface area contributed by atoms with Crippen molar-refractivity contribution in [2.24, 2.45) is 7.05 Å². The molecule has 0 aliphatic rings. The summed E-state index contributed by atoms with van der Waals surface area (Å²) < 4.78 is 13.6. The van der Waals surface area contributed by atoms with Crippen molar-refractivity contribution in [2.75, 3.05) is 0 Å². The van der Waals surface area contributed by atoms with Crippen molar-refractivity contribution < 1.29 is 13.9 Å². The summed E-state index contributed by atoms with van der Waals surface area (Å²) in [6, 6.07) is 30.2. The Morgan fingerprint density at radius 1 is 0.971 bits per heavy atom. The number of para-hydroxylation sites is 1. The molecular weight excluding hydrogens is 436 g/mol. The number of benzene rings is 3. The summed E-state index contributed by atoms with van der Waals surface area (Å²) in [5.41, 5.74) is 4.41. The molecule has 2 aromatic heterocycles. The van der Waals surface area contributed by atoms with E-state index in [0.717, 1.165) is 39.1 Å². The first-order valence-corrected chi connectivity index (χ1v) is 11.8. The molecule has 35 heavy (non-hydrogen) atoms. The number of aryl methyl sites for hydroxylation is 1. The number of nitrogens with one attached hydrogen (secondary N) is 1. The minimum Gasteiger partial charge on any atom is -0.489 e. The third-order valence-electron chi connectivity index (χ3n) is 6.24. The molecular formula is C30H28N2O3. The second kappa shape index (κ2) is 10.3. The molecule has 1 N–H and O–H groups in total. The number of furan rings is 1. The van der Waals surface area contributed by atoms with Crippen LogP contribution in [0.1, 0.15) is 34.8 Å². The number of amides is 1. The van der Waals surface area contributed by atoms with Gasteiger partial charge in [0.05, 0.1) is 12.8 Å². The zero-order valence-corrected chi connectivity index (χ0v) is 19.7. The number of nitrogens with zero attached hydrogens (tertiary/aromatic N) is 1. The molecule has 2 heterocycles. The molecule has 5 rings (SSSR count). The van der Waals surface area contributed by atoms with Crippen LogP contribution in [0.5, 0.6) is 5.75 Å². The van der Waals surface area contributed by atoms with Crippen LogP contribution < -0.4 is 10.1 Å². The third-order valence-corrected chi connectivity index (χ3v) is 6.24. The van der Waals surface area contributed by atoms with Crippen LogP contribution in [0, 0.1) is 0 Å². The van der Waals surface area contributed by atoms with Gasteiger partial charge in [-0.25, -0.2) is 0 Å². The van der Waals surface area contributed by atoms with E-state index >= 15 is 0 Å². The van der Waals surface area contributed by atoms with Gasteiger partial charge >= 0.3 is 0 Å². The Morgan fingerprint density at radius 3 is 2.63 bits per heavy atom. The van der Waals surface area contributed by atoms with Gasteiger partial charge in [0.1, 0.15) is 18.1 Å². The Hall–Kier alpha value is -4.25. The highest BCUT2D eigenvalue weighted by Crippen LogP contribution is 2.35. The predicted octanol–water partition coefficient (Wildman–Crippen LogP) is 6.19. The first kappa shape index (κ1) is 22.5. The molecule has 1 atom stereocenters. The molecule has 176 valence electrons. The van der Waals surface area contributed by atoms with Gasteiger partial charge in [0.2, 0.25) is 5.91 Å². The lowest BCUT2D eigenvalue weighted by Gasteiger charge is -2.18. The molecule has 0 spiro atoms. The van der Waals surface area contributed by atoms with Gasteiger partial charge in [-0.2, -0.15) is 0 Å². The van der Waals surface area contributed by atoms with Gasteiger partial charge in [-0.1, -0.05) is 60.7 Å². The first-order valence-electron chi connectivity index (χ1n) is 11.8. The Kier molecular flexibility index (Phi) is 6.66. The first-order chi connectivity index (χ1) is 17.2. The van der Waals surface area contributed by atoms with Crippen LogP contribution in [0.25, 0.3) is 10.9 Å². The minimum atomic E-state index is -0.127. The van der Waals surface area contributed by atoms with Crippen LogP contribution in [0.15, 0.2) is 108 Å². The Bertz CT molecular complexity index is 1400. The molecule has 0 radical (unpaired) electrons. The van der Waals surface area contributed by atoms with Crippen molar-refractivity contribution in [1.29, 1.82) is 0 Å². The van der Waals surface area contributed by atoms with Crippen molar-refractivity contribution in [3.8, 4) is 5.75 Å². The second-order valence-electron chi connectivity index (χ2n) is 8.67. The summed E-state index contributed by atoms with van der Waals surface area (Å²) in [7, 11) is 2.04. The van der Waals surface area contributed by atoms with Gasteiger partial charge in [-0.05, 0) is 47.0 Å². The van der Waals surface area contributed by atoms with E-state index in [-0.39, 0.29) is 11.8 Å². The van der Waals surface area contributed by atoms with E-state index in [9.17, 15) is 4.79 Å². The summed E-state index contributed by atoms with van der Waals surface area (Å²) in [4.78, 5) is 13.0. The van der Waals surface area contributed by atoms with E-state index in [2.05, 4.69) is 40.3 Å². The zero-order chi connectivity index (χ0) is 24.0. The highest BCUT2D eigenvalue weighted by Gasteiger charge is 2.23. The molecule has 5 heteroatoms. The van der Waals surface area contributed by atoms with Crippen LogP contribution in [-0.4, -0.2) is 10.5 Å². The molecule has 5 aromatic rings. The molecule has 0 saturated heterocycles. The molecule has 0 bridgehead atoms. The predicted molar refractivity (Wildman–Crippen MR) is 137 cm³/mol. The van der Waals surface area contributed by atoms with Gasteiger partial charge in [0, 0.05) is 36.5 Å². The van der Waals surface area contributed by atoms with E-state index in [1.807, 2.05) is 73.8 Å². The van der Waals surface area contributed by atoms with Crippen LogP contribution in [0.4, 0.5) is 0 Å². The highest BCUT2D eigenvalue weighted by atomic mass is 16.5. The normalized spacial score (nSPS) is 11.9. The maximum atomic E-state index is 13.0. The van der Waals surface area contributed by atoms with Gasteiger partial charge < -0.3 is 19.0 Å². The number of carbonyl (C=O) groups excluding carboxylic acids is 1.